The van der Waals surface area contributed by atoms with Crippen molar-refractivity contribution in [2.24, 2.45) is 4.99 Å². The topological polar surface area (TPSA) is 59.0 Å². The molecule has 5 nitrogen and oxygen atoms in total. The maximum absolute atomic E-state index is 13.2. The fourth-order valence-electron chi connectivity index (χ4n) is 4.43. The minimum atomic E-state index is -0.166. The molecule has 0 saturated carbocycles. The van der Waals surface area contributed by atoms with Gasteiger partial charge in [0.25, 0.3) is 0 Å². The molecule has 0 unspecified atom stereocenters. The van der Waals surface area contributed by atoms with E-state index in [4.69, 9.17) is 21.3 Å². The van der Waals surface area contributed by atoms with E-state index in [0.717, 1.165) is 53.3 Å². The van der Waals surface area contributed by atoms with Crippen LogP contribution in [0.4, 0.5) is 5.00 Å². The van der Waals surface area contributed by atoms with E-state index in [2.05, 4.69) is 0 Å². The zero-order valence-electron chi connectivity index (χ0n) is 18.3. The number of carbonyl (C=O) groups excluding carboxylic acids is 2. The number of hydrogen-bond acceptors (Lipinski definition) is 5. The number of halogens is 1. The Labute approximate surface area is 201 Å². The van der Waals surface area contributed by atoms with Crippen LogP contribution in [0.15, 0.2) is 53.5 Å². The van der Waals surface area contributed by atoms with Crippen molar-refractivity contribution in [3.05, 3.63) is 80.7 Å². The second-order valence-electron chi connectivity index (χ2n) is 8.19. The lowest BCUT2D eigenvalue weighted by molar-refractivity contribution is -0.117. The number of carbonyl (C=O) groups is 2. The van der Waals surface area contributed by atoms with Crippen LogP contribution in [-0.2, 0) is 17.6 Å². The summed E-state index contributed by atoms with van der Waals surface area (Å²) in [6.45, 7) is -0.0102. The number of nitrogens with zero attached hydrogens (tertiary/aromatic N) is 2. The second-order valence-corrected chi connectivity index (χ2v) is 9.71. The normalized spacial score (nSPS) is 15.4. The molecule has 0 fully saturated rings. The van der Waals surface area contributed by atoms with E-state index < -0.39 is 0 Å². The van der Waals surface area contributed by atoms with Gasteiger partial charge in [-0.25, -0.2) is 0 Å². The first-order chi connectivity index (χ1) is 16.0. The highest BCUT2D eigenvalue weighted by molar-refractivity contribution is 7.17. The lowest BCUT2D eigenvalue weighted by Gasteiger charge is -2.20. The Morgan fingerprint density at radius 1 is 1.09 bits per heavy atom. The molecule has 5 rings (SSSR count). The van der Waals surface area contributed by atoms with Gasteiger partial charge in [-0.2, -0.15) is 0 Å². The summed E-state index contributed by atoms with van der Waals surface area (Å²) in [6.07, 6.45) is 4.21. The number of rotatable bonds is 5. The number of methoxy groups -OCH3 is 1. The molecule has 2 aromatic carbocycles. The van der Waals surface area contributed by atoms with Crippen LogP contribution in [0, 0.1) is 0 Å². The Hall–Kier alpha value is -2.96. The van der Waals surface area contributed by atoms with Gasteiger partial charge in [-0.05, 0) is 79.8 Å². The second kappa shape index (κ2) is 9.12. The van der Waals surface area contributed by atoms with Crippen molar-refractivity contribution in [3.63, 3.8) is 0 Å². The van der Waals surface area contributed by atoms with Crippen LogP contribution in [0.1, 0.15) is 44.8 Å². The summed E-state index contributed by atoms with van der Waals surface area (Å²) in [4.78, 5) is 34.0. The molecular formula is C26H23ClN2O3S. The Morgan fingerprint density at radius 2 is 1.82 bits per heavy atom. The first kappa shape index (κ1) is 21.9. The molecule has 0 spiro atoms. The highest BCUT2D eigenvalue weighted by Gasteiger charge is 2.33. The van der Waals surface area contributed by atoms with E-state index in [0.29, 0.717) is 10.6 Å². The van der Waals surface area contributed by atoms with Crippen molar-refractivity contribution < 1.29 is 14.3 Å². The Bertz CT molecular complexity index is 1250. The smallest absolute Gasteiger partial charge is 0.249 e. The number of fused-ring (bicyclic) bond motifs is 3. The molecule has 0 saturated heterocycles. The van der Waals surface area contributed by atoms with Crippen molar-refractivity contribution in [2.75, 3.05) is 25.1 Å². The number of hydrogen-bond donors (Lipinski definition) is 0. The molecule has 0 radical (unpaired) electrons. The van der Waals surface area contributed by atoms with E-state index in [9.17, 15) is 9.59 Å². The minimum absolute atomic E-state index is 0.00539. The van der Waals surface area contributed by atoms with Crippen LogP contribution in [0.3, 0.4) is 0 Å². The molecular weight excluding hydrogens is 456 g/mol. The summed E-state index contributed by atoms with van der Waals surface area (Å²) in [5.41, 5.74) is 4.59. The lowest BCUT2D eigenvalue weighted by Crippen LogP contribution is -2.36. The Morgan fingerprint density at radius 3 is 2.55 bits per heavy atom. The Kier molecular flexibility index (Phi) is 6.04. The number of aryl methyl sites for hydroxylation is 1. The fraction of sp³-hybridized carbons (Fsp3) is 0.269. The predicted octanol–water partition coefficient (Wildman–Crippen LogP) is 5.36. The van der Waals surface area contributed by atoms with Crippen molar-refractivity contribution >= 4 is 45.3 Å². The van der Waals surface area contributed by atoms with Crippen molar-refractivity contribution in [2.45, 2.75) is 25.7 Å². The van der Waals surface area contributed by atoms with E-state index in [1.807, 2.05) is 24.3 Å². The van der Waals surface area contributed by atoms with Crippen molar-refractivity contribution in [1.29, 1.82) is 0 Å². The minimum Gasteiger partial charge on any atom is -0.497 e. The standard InChI is InChI=1S/C26H23ClN2O3S/c1-32-19-12-8-17(9-13-19)25-24-20-4-2-3-5-22(20)33-26(24)29(23(31)14-28-25)15-21(30)16-6-10-18(27)11-7-16/h6-13H,2-5,14-15H2,1H3. The monoisotopic (exact) mass is 478 g/mol. The molecule has 1 aliphatic heterocycles. The number of benzene rings is 2. The molecule has 1 aromatic heterocycles. The summed E-state index contributed by atoms with van der Waals surface area (Å²) in [5.74, 6) is 0.484. The summed E-state index contributed by atoms with van der Waals surface area (Å²) in [6, 6.07) is 14.6. The van der Waals surface area contributed by atoms with E-state index in [1.165, 1.54) is 10.4 Å². The highest BCUT2D eigenvalue weighted by atomic mass is 35.5. The molecule has 3 aromatic rings. The van der Waals surface area contributed by atoms with E-state index >= 15 is 0 Å². The summed E-state index contributed by atoms with van der Waals surface area (Å²) in [7, 11) is 1.64. The Balaban J connectivity index is 1.58. The van der Waals surface area contributed by atoms with Crippen LogP contribution >= 0.6 is 22.9 Å². The number of ether oxygens (including phenoxy) is 1. The maximum Gasteiger partial charge on any atom is 0.249 e. The van der Waals surface area contributed by atoms with Gasteiger partial charge in [0.2, 0.25) is 5.91 Å². The number of anilines is 1. The van der Waals surface area contributed by atoms with Crippen LogP contribution in [-0.4, -0.2) is 37.6 Å². The molecule has 0 bridgehead atoms. The van der Waals surface area contributed by atoms with Gasteiger partial charge in [0, 0.05) is 26.6 Å². The van der Waals surface area contributed by atoms with Gasteiger partial charge in [-0.15, -0.1) is 11.3 Å². The first-order valence-electron chi connectivity index (χ1n) is 11.0. The molecule has 2 aliphatic rings. The fourth-order valence-corrected chi connectivity index (χ4v) is 5.96. The van der Waals surface area contributed by atoms with Crippen LogP contribution in [0.5, 0.6) is 5.75 Å². The van der Waals surface area contributed by atoms with E-state index in [1.54, 1.807) is 47.6 Å². The summed E-state index contributed by atoms with van der Waals surface area (Å²) in [5, 5.41) is 1.41. The average Bonchev–Trinajstić information content (AvgIpc) is 3.16. The van der Waals surface area contributed by atoms with Gasteiger partial charge in [-0.3, -0.25) is 19.5 Å². The molecule has 7 heteroatoms. The number of amides is 1. The highest BCUT2D eigenvalue weighted by Crippen LogP contribution is 2.42. The van der Waals surface area contributed by atoms with Crippen molar-refractivity contribution in [3.8, 4) is 5.75 Å². The quantitative estimate of drug-likeness (QED) is 0.464. The third-order valence-electron chi connectivity index (χ3n) is 6.14. The summed E-state index contributed by atoms with van der Waals surface area (Å²) < 4.78 is 5.31. The number of ketones is 1. The summed E-state index contributed by atoms with van der Waals surface area (Å²) >= 11 is 7.61. The predicted molar refractivity (Wildman–Crippen MR) is 133 cm³/mol. The number of Topliss-reactive ketones (excluding diaryl/α,β-unsaturated/α-hetero) is 1. The molecule has 1 aliphatic carbocycles. The first-order valence-corrected chi connectivity index (χ1v) is 12.2. The van der Waals surface area contributed by atoms with Gasteiger partial charge in [0.05, 0.1) is 19.4 Å². The van der Waals surface area contributed by atoms with E-state index in [-0.39, 0.29) is 24.8 Å². The molecule has 33 heavy (non-hydrogen) atoms. The zero-order chi connectivity index (χ0) is 22.9. The molecule has 1 amide bonds. The SMILES string of the molecule is COc1ccc(C2=NCC(=O)N(CC(=O)c3ccc(Cl)cc3)c3sc4c(c32)CCCC4)cc1. The molecule has 0 atom stereocenters. The molecule has 2 heterocycles. The van der Waals surface area contributed by atoms with Gasteiger partial charge in [-0.1, -0.05) is 11.6 Å². The molecule has 168 valence electrons. The molecule has 0 N–H and O–H groups in total. The van der Waals surface area contributed by atoms with Gasteiger partial charge < -0.3 is 4.74 Å². The van der Waals surface area contributed by atoms with Gasteiger partial charge in [0.1, 0.15) is 17.3 Å². The van der Waals surface area contributed by atoms with Crippen LogP contribution < -0.4 is 9.64 Å². The number of thiophene rings is 1. The third kappa shape index (κ3) is 4.21. The van der Waals surface area contributed by atoms with Crippen LogP contribution in [0.25, 0.3) is 0 Å². The maximum atomic E-state index is 13.2. The number of aliphatic imine (C=N–C) groups is 1. The van der Waals surface area contributed by atoms with Crippen LogP contribution in [0.2, 0.25) is 5.02 Å². The average molecular weight is 479 g/mol. The van der Waals surface area contributed by atoms with Crippen molar-refractivity contribution in [1.82, 2.24) is 0 Å². The largest absolute Gasteiger partial charge is 0.497 e. The van der Waals surface area contributed by atoms with Gasteiger partial charge >= 0.3 is 0 Å². The van der Waals surface area contributed by atoms with Gasteiger partial charge in [0.15, 0.2) is 5.78 Å². The lowest BCUT2D eigenvalue weighted by atomic mass is 9.91. The third-order valence-corrected chi connectivity index (χ3v) is 7.71. The zero-order valence-corrected chi connectivity index (χ0v) is 19.8.